The molecule has 24 nitrogen and oxygen atoms in total. The minimum atomic E-state index is -1.35. The number of ether oxygens (including phenoxy) is 1. The average molecular weight is 1240 g/mol. The van der Waals surface area contributed by atoms with Gasteiger partial charge in [0.25, 0.3) is 17.7 Å². The van der Waals surface area contributed by atoms with Crippen LogP contribution in [0.3, 0.4) is 0 Å². The van der Waals surface area contributed by atoms with Gasteiger partial charge >= 0.3 is 11.9 Å². The Morgan fingerprint density at radius 3 is 2.24 bits per heavy atom. The van der Waals surface area contributed by atoms with Crippen molar-refractivity contribution in [1.82, 2.24) is 61.1 Å². The standard InChI is InChI=1S/C53H50N14O10S6/c1-25(2)40(52-66-43(35(83-52)19-76-5)45(72)56-16-36(54)69)64-46(73)41-26(3)82-51(65-41)31(15-38(70)55-4)60-44(71)33-21-79-48(62-33)29-12-13-30(49-63-37(23-81-49)67(24-68)17-28-18-77-47(57-28)53(74)75)59-42(29)32-20-80-50(61-32)34-22-78-39(58-34)14-11-27-9-7-6-8-10-27/h6-10,12-13,18,20-25,31,40H,11,14-17,19H2,1-5H3,(H2,54,69)(H,55,70)(H,56,72)(H,60,71)(H,64,73)(H,74,75)/t31-,40?/m0/s1. The minimum Gasteiger partial charge on any atom is -0.474 e. The number of anilines is 1. The van der Waals surface area contributed by atoms with Gasteiger partial charge in [-0.1, -0.05) is 44.2 Å². The first-order valence-electron chi connectivity index (χ1n) is 25.1. The highest BCUT2D eigenvalue weighted by Crippen LogP contribution is 2.39. The molecule has 30 heteroatoms. The number of nitrogens with one attached hydrogen (secondary N) is 4. The number of aryl methyl sites for hydroxylation is 3. The van der Waals surface area contributed by atoms with Gasteiger partial charge in [-0.2, -0.15) is 0 Å². The lowest BCUT2D eigenvalue weighted by molar-refractivity contribution is -0.121. The summed E-state index contributed by atoms with van der Waals surface area (Å²) in [5.41, 5.74) is 9.35. The monoisotopic (exact) mass is 1230 g/mol. The van der Waals surface area contributed by atoms with Crippen molar-refractivity contribution in [2.24, 2.45) is 11.7 Å². The molecule has 0 saturated carbocycles. The average Bonchev–Trinajstić information content (AvgIpc) is 3.68. The van der Waals surface area contributed by atoms with Crippen LogP contribution in [0.4, 0.5) is 5.82 Å². The highest BCUT2D eigenvalue weighted by Gasteiger charge is 2.31. The number of amides is 6. The topological polar surface area (TPSA) is 343 Å². The number of carboxylic acids is 1. The van der Waals surface area contributed by atoms with Crippen LogP contribution in [0.25, 0.3) is 43.4 Å². The molecule has 8 heterocycles. The van der Waals surface area contributed by atoms with Crippen molar-refractivity contribution in [1.29, 1.82) is 0 Å². The van der Waals surface area contributed by atoms with Gasteiger partial charge in [-0.15, -0.1) is 68.0 Å². The van der Waals surface area contributed by atoms with Crippen LogP contribution in [0.1, 0.15) is 111 Å². The van der Waals surface area contributed by atoms with Gasteiger partial charge in [0, 0.05) is 52.5 Å². The number of hydrogen-bond acceptors (Lipinski definition) is 23. The van der Waals surface area contributed by atoms with Gasteiger partial charge in [0.15, 0.2) is 0 Å². The van der Waals surface area contributed by atoms with E-state index < -0.39 is 60.0 Å². The Bertz CT molecular complexity index is 3840. The van der Waals surface area contributed by atoms with Gasteiger partial charge < -0.3 is 41.3 Å². The fourth-order valence-corrected chi connectivity index (χ4v) is 13.5. The van der Waals surface area contributed by atoms with Crippen LogP contribution in [-0.2, 0) is 45.1 Å². The molecule has 0 aliphatic rings. The number of carboxylic acid groups (broad SMARTS) is 1. The van der Waals surface area contributed by atoms with E-state index in [2.05, 4.69) is 48.4 Å². The van der Waals surface area contributed by atoms with E-state index in [1.807, 2.05) is 42.8 Å². The molecular formula is C53H50N14O10S6. The highest BCUT2D eigenvalue weighted by molar-refractivity contribution is 7.15. The number of carbonyl (C=O) groups is 7. The zero-order valence-electron chi connectivity index (χ0n) is 44.7. The number of methoxy groups -OCH3 is 1. The number of hydrogen-bond donors (Lipinski definition) is 6. The van der Waals surface area contributed by atoms with E-state index in [-0.39, 0.29) is 59.1 Å². The molecular weight excluding hydrogens is 1190 g/mol. The van der Waals surface area contributed by atoms with E-state index in [1.165, 1.54) is 70.0 Å². The number of primary amides is 1. The van der Waals surface area contributed by atoms with Crippen LogP contribution < -0.4 is 31.9 Å². The fraction of sp³-hybridized carbons (Fsp3) is 0.264. The molecule has 1 aromatic carbocycles. The predicted octanol–water partition coefficient (Wildman–Crippen LogP) is 7.53. The summed E-state index contributed by atoms with van der Waals surface area (Å²) in [7, 11) is 2.93. The van der Waals surface area contributed by atoms with Gasteiger partial charge in [0.1, 0.15) is 71.3 Å². The molecule has 9 aromatic rings. The molecule has 0 aliphatic carbocycles. The van der Waals surface area contributed by atoms with Crippen LogP contribution in [0.2, 0.25) is 0 Å². The maximum absolute atomic E-state index is 14.3. The van der Waals surface area contributed by atoms with Gasteiger partial charge in [0.05, 0.1) is 59.5 Å². The number of benzene rings is 1. The molecule has 0 radical (unpaired) electrons. The van der Waals surface area contributed by atoms with Crippen molar-refractivity contribution in [3.05, 3.63) is 129 Å². The third-order valence-corrected chi connectivity index (χ3v) is 17.9. The minimum absolute atomic E-state index is 0.0255. The quantitative estimate of drug-likeness (QED) is 0.0285. The number of rotatable bonds is 26. The Labute approximate surface area is 496 Å². The van der Waals surface area contributed by atoms with Gasteiger partial charge in [-0.3, -0.25) is 33.7 Å². The summed E-state index contributed by atoms with van der Waals surface area (Å²) in [5, 5.41) is 30.5. The second-order valence-corrected chi connectivity index (χ2v) is 24.3. The second-order valence-electron chi connectivity index (χ2n) is 18.4. The smallest absolute Gasteiger partial charge is 0.392 e. The van der Waals surface area contributed by atoms with Crippen molar-refractivity contribution in [3.63, 3.8) is 0 Å². The third kappa shape index (κ3) is 14.3. The molecule has 7 N–H and O–H groups in total. The van der Waals surface area contributed by atoms with Gasteiger partial charge in [-0.05, 0) is 37.0 Å². The van der Waals surface area contributed by atoms with E-state index in [0.29, 0.717) is 64.5 Å². The molecule has 0 aliphatic heterocycles. The third-order valence-electron chi connectivity index (χ3n) is 12.2. The summed E-state index contributed by atoms with van der Waals surface area (Å²) >= 11 is 7.65. The number of nitrogens with zero attached hydrogens (tertiary/aromatic N) is 9. The number of aromatic nitrogens is 8. The van der Waals surface area contributed by atoms with Crippen LogP contribution in [0.15, 0.2) is 74.7 Å². The lowest BCUT2D eigenvalue weighted by Gasteiger charge is -2.20. The number of thiazole rings is 6. The fourth-order valence-electron chi connectivity index (χ4n) is 8.09. The lowest BCUT2D eigenvalue weighted by Crippen LogP contribution is -2.34. The number of aromatic carboxylic acids is 1. The Morgan fingerprint density at radius 1 is 0.771 bits per heavy atom. The van der Waals surface area contributed by atoms with Crippen LogP contribution in [0, 0.1) is 12.8 Å². The molecule has 0 saturated heterocycles. The Morgan fingerprint density at radius 2 is 1.52 bits per heavy atom. The number of carbonyl (C=O) groups excluding carboxylic acids is 6. The van der Waals surface area contributed by atoms with E-state index in [9.17, 15) is 38.7 Å². The molecule has 0 spiro atoms. The summed E-state index contributed by atoms with van der Waals surface area (Å²) in [6.45, 7) is 4.98. The van der Waals surface area contributed by atoms with Crippen molar-refractivity contribution < 1.29 is 47.8 Å². The molecule has 428 valence electrons. The van der Waals surface area contributed by atoms with E-state index in [0.717, 1.165) is 35.4 Å². The van der Waals surface area contributed by atoms with Gasteiger partial charge in [0.2, 0.25) is 18.2 Å². The van der Waals surface area contributed by atoms with Crippen molar-refractivity contribution in [2.45, 2.75) is 65.3 Å². The normalized spacial score (nSPS) is 12.0. The summed E-state index contributed by atoms with van der Waals surface area (Å²) < 4.78 is 10.3. The first-order chi connectivity index (χ1) is 40.0. The number of oxazole rings is 1. The maximum Gasteiger partial charge on any atom is 0.392 e. The lowest BCUT2D eigenvalue weighted by atomic mass is 10.0. The summed E-state index contributed by atoms with van der Waals surface area (Å²) in [6.07, 6.45) is 3.07. The molecule has 9 rings (SSSR count). The molecule has 0 fully saturated rings. The molecule has 2 atom stereocenters. The van der Waals surface area contributed by atoms with Crippen LogP contribution in [-0.4, -0.2) is 108 Å². The number of pyridine rings is 1. The molecule has 6 amide bonds. The van der Waals surface area contributed by atoms with Gasteiger partial charge in [-0.25, -0.2) is 44.7 Å². The molecule has 0 bridgehead atoms. The second kappa shape index (κ2) is 26.7. The zero-order chi connectivity index (χ0) is 58.9. The summed E-state index contributed by atoms with van der Waals surface area (Å²) in [5.74, 6) is -4.76. The highest BCUT2D eigenvalue weighted by atomic mass is 32.1. The molecule has 1 unspecified atom stereocenters. The Hall–Kier alpha value is -8.39. The SMILES string of the molecule is CNC(=O)C[C@H](NC(=O)c1csc(-c2ccc(-c3nc(N(C=O)Cc4coc(C(=O)O)n4)cs3)nc2-c2csc(-c3csc(CCc4ccccc4)n3)n2)n1)c1nc(C(=O)NC(c2nc(C(=O)NCC(N)=O)c(COC)s2)C(C)C)c(C)s1. The predicted molar refractivity (Wildman–Crippen MR) is 313 cm³/mol. The van der Waals surface area contributed by atoms with Crippen LogP contribution in [0.5, 0.6) is 0 Å². The Balaban J connectivity index is 0.976. The molecule has 83 heavy (non-hydrogen) atoms. The van der Waals surface area contributed by atoms with Crippen molar-refractivity contribution >= 4 is 116 Å². The van der Waals surface area contributed by atoms with E-state index >= 15 is 0 Å². The summed E-state index contributed by atoms with van der Waals surface area (Å²) in [6, 6.07) is 12.0. The zero-order valence-corrected chi connectivity index (χ0v) is 49.6. The van der Waals surface area contributed by atoms with Crippen molar-refractivity contribution in [2.75, 3.05) is 25.6 Å². The Kier molecular flexibility index (Phi) is 19.0. The maximum atomic E-state index is 14.3. The van der Waals surface area contributed by atoms with E-state index in [4.69, 9.17) is 39.8 Å². The molecule has 8 aromatic heterocycles. The van der Waals surface area contributed by atoms with Crippen molar-refractivity contribution in [3.8, 4) is 43.4 Å². The largest absolute Gasteiger partial charge is 0.474 e. The number of nitrogens with two attached hydrogens (primary N) is 1. The van der Waals surface area contributed by atoms with E-state index in [1.54, 1.807) is 41.2 Å². The first-order valence-corrected chi connectivity index (χ1v) is 30.3. The first kappa shape index (κ1) is 59.2. The summed E-state index contributed by atoms with van der Waals surface area (Å²) in [4.78, 5) is 129. The van der Waals surface area contributed by atoms with Crippen LogP contribution >= 0.6 is 68.0 Å².